The van der Waals surface area contributed by atoms with E-state index in [0.29, 0.717) is 17.4 Å². The molecule has 4 nitrogen and oxygen atoms in total. The molecule has 1 aliphatic carbocycles. The van der Waals surface area contributed by atoms with Crippen molar-refractivity contribution in [3.63, 3.8) is 0 Å². The van der Waals surface area contributed by atoms with Gasteiger partial charge in [0, 0.05) is 6.04 Å². The van der Waals surface area contributed by atoms with Crippen LogP contribution < -0.4 is 11.3 Å². The highest BCUT2D eigenvalue weighted by atomic mass is 32.2. The lowest BCUT2D eigenvalue weighted by molar-refractivity contribution is 0.146. The zero-order valence-corrected chi connectivity index (χ0v) is 12.2. The van der Waals surface area contributed by atoms with E-state index >= 15 is 0 Å². The Bertz CT molecular complexity index is 382. The number of rotatable bonds is 3. The van der Waals surface area contributed by atoms with Crippen molar-refractivity contribution < 1.29 is 8.42 Å². The number of hydrogen-bond acceptors (Lipinski definition) is 4. The smallest absolute Gasteiger partial charge is 0.150 e. The first-order chi connectivity index (χ1) is 8.43. The van der Waals surface area contributed by atoms with E-state index in [1.165, 1.54) is 19.3 Å². The molecule has 1 heterocycles. The summed E-state index contributed by atoms with van der Waals surface area (Å²) >= 11 is 0. The Labute approximate surface area is 111 Å². The third-order valence-electron chi connectivity index (χ3n) is 5.11. The number of hydrazine groups is 1. The number of sulfone groups is 1. The van der Waals surface area contributed by atoms with Crippen LogP contribution in [-0.2, 0) is 9.84 Å². The van der Waals surface area contributed by atoms with Crippen molar-refractivity contribution in [1.82, 2.24) is 5.43 Å². The van der Waals surface area contributed by atoms with Gasteiger partial charge in [0.1, 0.15) is 0 Å². The summed E-state index contributed by atoms with van der Waals surface area (Å²) in [7, 11) is -2.81. The maximum Gasteiger partial charge on any atom is 0.150 e. The molecule has 0 spiro atoms. The summed E-state index contributed by atoms with van der Waals surface area (Å²) in [4.78, 5) is 0. The molecule has 0 amide bonds. The van der Waals surface area contributed by atoms with Gasteiger partial charge in [-0.15, -0.1) is 0 Å². The molecule has 0 bridgehead atoms. The summed E-state index contributed by atoms with van der Waals surface area (Å²) in [5.41, 5.74) is 2.92. The van der Waals surface area contributed by atoms with Crippen LogP contribution in [0, 0.1) is 23.7 Å². The molecule has 0 aromatic carbocycles. The van der Waals surface area contributed by atoms with Crippen LogP contribution in [0.15, 0.2) is 0 Å². The van der Waals surface area contributed by atoms with Crippen LogP contribution in [0.5, 0.6) is 0 Å². The van der Waals surface area contributed by atoms with Gasteiger partial charge in [-0.05, 0) is 42.9 Å². The van der Waals surface area contributed by atoms with Gasteiger partial charge in [0.05, 0.1) is 11.5 Å². The SMILES string of the molecule is CC1CCC(C(NN)C2CCS(=O)(=O)C2)CC1C. The molecule has 1 saturated carbocycles. The first-order valence-electron chi connectivity index (χ1n) is 7.09. The molecule has 0 aromatic rings. The quantitative estimate of drug-likeness (QED) is 0.601. The maximum atomic E-state index is 11.6. The standard InChI is InChI=1S/C13H26N2O2S/c1-9-3-4-11(7-10(9)2)13(15-14)12-5-6-18(16,17)8-12/h9-13,15H,3-8,14H2,1-2H3. The molecule has 1 aliphatic heterocycles. The van der Waals surface area contributed by atoms with Crippen molar-refractivity contribution >= 4 is 9.84 Å². The zero-order chi connectivity index (χ0) is 13.3. The fourth-order valence-electron chi connectivity index (χ4n) is 3.68. The Balaban J connectivity index is 2.01. The van der Waals surface area contributed by atoms with Crippen LogP contribution in [0.1, 0.15) is 39.5 Å². The molecule has 5 atom stereocenters. The zero-order valence-electron chi connectivity index (χ0n) is 11.4. The molecule has 18 heavy (non-hydrogen) atoms. The molecule has 3 N–H and O–H groups in total. The molecular formula is C13H26N2O2S. The Morgan fingerprint density at radius 3 is 2.33 bits per heavy atom. The third kappa shape index (κ3) is 3.06. The fraction of sp³-hybridized carbons (Fsp3) is 1.00. The van der Waals surface area contributed by atoms with E-state index < -0.39 is 9.84 Å². The first kappa shape index (κ1) is 14.3. The largest absolute Gasteiger partial charge is 0.271 e. The second-order valence-electron chi connectivity index (χ2n) is 6.38. The predicted molar refractivity (Wildman–Crippen MR) is 73.5 cm³/mol. The first-order valence-corrected chi connectivity index (χ1v) is 8.91. The summed E-state index contributed by atoms with van der Waals surface area (Å²) in [5.74, 6) is 8.63. The van der Waals surface area contributed by atoms with Gasteiger partial charge < -0.3 is 0 Å². The van der Waals surface area contributed by atoms with Gasteiger partial charge in [0.2, 0.25) is 0 Å². The highest BCUT2D eigenvalue weighted by molar-refractivity contribution is 7.91. The molecule has 5 heteroatoms. The normalized spacial score (nSPS) is 41.7. The average molecular weight is 274 g/mol. The van der Waals surface area contributed by atoms with Gasteiger partial charge in [-0.1, -0.05) is 20.3 Å². The molecule has 5 unspecified atom stereocenters. The maximum absolute atomic E-state index is 11.6. The van der Waals surface area contributed by atoms with Crippen molar-refractivity contribution in [2.24, 2.45) is 29.5 Å². The molecule has 2 aliphatic rings. The van der Waals surface area contributed by atoms with E-state index in [1.54, 1.807) is 0 Å². The molecule has 0 aromatic heterocycles. The summed E-state index contributed by atoms with van der Waals surface area (Å²) in [5, 5.41) is 0. The molecule has 2 fully saturated rings. The second kappa shape index (κ2) is 5.47. The van der Waals surface area contributed by atoms with Crippen LogP contribution in [0.25, 0.3) is 0 Å². The van der Waals surface area contributed by atoms with E-state index in [-0.39, 0.29) is 12.0 Å². The van der Waals surface area contributed by atoms with Crippen molar-refractivity contribution in [3.8, 4) is 0 Å². The highest BCUT2D eigenvalue weighted by Gasteiger charge is 2.39. The van der Waals surface area contributed by atoms with Crippen molar-refractivity contribution in [3.05, 3.63) is 0 Å². The predicted octanol–water partition coefficient (Wildman–Crippen LogP) is 1.33. The van der Waals surface area contributed by atoms with Crippen LogP contribution in [0.2, 0.25) is 0 Å². The second-order valence-corrected chi connectivity index (χ2v) is 8.61. The lowest BCUT2D eigenvalue weighted by atomic mass is 9.71. The minimum absolute atomic E-state index is 0.178. The monoisotopic (exact) mass is 274 g/mol. The Morgan fingerprint density at radius 1 is 1.11 bits per heavy atom. The van der Waals surface area contributed by atoms with Gasteiger partial charge in [0.25, 0.3) is 0 Å². The molecule has 106 valence electrons. The summed E-state index contributed by atoms with van der Waals surface area (Å²) in [6, 6.07) is 0.178. The highest BCUT2D eigenvalue weighted by Crippen LogP contribution is 2.38. The van der Waals surface area contributed by atoms with E-state index in [0.717, 1.165) is 18.3 Å². The van der Waals surface area contributed by atoms with Crippen LogP contribution in [0.3, 0.4) is 0 Å². The minimum atomic E-state index is -2.81. The van der Waals surface area contributed by atoms with Crippen molar-refractivity contribution in [1.29, 1.82) is 0 Å². The Kier molecular flexibility index (Phi) is 4.34. The molecule has 2 rings (SSSR count). The van der Waals surface area contributed by atoms with Gasteiger partial charge in [0.15, 0.2) is 9.84 Å². The molecule has 1 saturated heterocycles. The van der Waals surface area contributed by atoms with E-state index in [4.69, 9.17) is 5.84 Å². The summed E-state index contributed by atoms with van der Waals surface area (Å²) in [6.45, 7) is 4.61. The van der Waals surface area contributed by atoms with E-state index in [9.17, 15) is 8.42 Å². The molecule has 0 radical (unpaired) electrons. The van der Waals surface area contributed by atoms with Crippen LogP contribution >= 0.6 is 0 Å². The van der Waals surface area contributed by atoms with E-state index in [2.05, 4.69) is 19.3 Å². The fourth-order valence-corrected chi connectivity index (χ4v) is 5.53. The van der Waals surface area contributed by atoms with E-state index in [1.807, 2.05) is 0 Å². The van der Waals surface area contributed by atoms with Gasteiger partial charge in [-0.2, -0.15) is 0 Å². The lowest BCUT2D eigenvalue weighted by Crippen LogP contribution is -2.48. The third-order valence-corrected chi connectivity index (χ3v) is 6.91. The van der Waals surface area contributed by atoms with Crippen molar-refractivity contribution in [2.75, 3.05) is 11.5 Å². The topological polar surface area (TPSA) is 72.2 Å². The van der Waals surface area contributed by atoms with Gasteiger partial charge >= 0.3 is 0 Å². The summed E-state index contributed by atoms with van der Waals surface area (Å²) in [6.07, 6.45) is 4.37. The summed E-state index contributed by atoms with van der Waals surface area (Å²) < 4.78 is 23.2. The Morgan fingerprint density at radius 2 is 1.83 bits per heavy atom. The van der Waals surface area contributed by atoms with Crippen molar-refractivity contribution in [2.45, 2.75) is 45.6 Å². The average Bonchev–Trinajstić information content (AvgIpc) is 2.65. The van der Waals surface area contributed by atoms with Crippen LogP contribution in [0.4, 0.5) is 0 Å². The minimum Gasteiger partial charge on any atom is -0.271 e. The number of hydrogen-bond donors (Lipinski definition) is 2. The van der Waals surface area contributed by atoms with Crippen LogP contribution in [-0.4, -0.2) is 26.0 Å². The Hall–Kier alpha value is -0.130. The number of nitrogens with two attached hydrogens (primary N) is 1. The number of nitrogens with one attached hydrogen (secondary N) is 1. The van der Waals surface area contributed by atoms with Gasteiger partial charge in [-0.25, -0.2) is 8.42 Å². The van der Waals surface area contributed by atoms with Gasteiger partial charge in [-0.3, -0.25) is 11.3 Å². The lowest BCUT2D eigenvalue weighted by Gasteiger charge is -2.38. The molecular weight excluding hydrogens is 248 g/mol.